The number of carbonyl (C=O) groups is 3. The number of hydrogen-bond donors (Lipinski definition) is 4. The molecule has 1 amide bonds. The van der Waals surface area contributed by atoms with Crippen molar-refractivity contribution in [3.63, 3.8) is 0 Å². The number of ketones is 1. The molecule has 1 aliphatic heterocycles. The van der Waals surface area contributed by atoms with Crippen LogP contribution in [0.2, 0.25) is 0 Å². The Hall–Kier alpha value is -2.87. The Labute approximate surface area is 185 Å². The number of epoxide rings is 1. The summed E-state index contributed by atoms with van der Waals surface area (Å²) in [5.41, 5.74) is -0.306. The number of benzene rings is 1. The zero-order chi connectivity index (χ0) is 23.0. The van der Waals surface area contributed by atoms with Gasteiger partial charge < -0.3 is 25.4 Å². The summed E-state index contributed by atoms with van der Waals surface area (Å²) in [5.74, 6) is -2.44. The van der Waals surface area contributed by atoms with Crippen LogP contribution >= 0.6 is 0 Å². The van der Waals surface area contributed by atoms with Gasteiger partial charge in [0.2, 0.25) is 5.91 Å². The molecule has 1 aromatic carbocycles. The fourth-order valence-electron chi connectivity index (χ4n) is 6.73. The van der Waals surface area contributed by atoms with Crippen LogP contribution in [0.25, 0.3) is 0 Å². The van der Waals surface area contributed by atoms with Crippen LogP contribution in [0.15, 0.2) is 24.3 Å². The number of allylic oxidation sites excluding steroid dienone is 1. The van der Waals surface area contributed by atoms with Crippen molar-refractivity contribution in [3.8, 4) is 11.5 Å². The number of phenolic OH excluding ortho intramolecular Hbond substituents is 1. The average molecular weight is 441 g/mol. The molecule has 4 N–H and O–H groups in total. The van der Waals surface area contributed by atoms with Crippen LogP contribution in [0.5, 0.6) is 11.5 Å². The number of hydrogen-bond acceptors (Lipinski definition) is 6. The number of anilines is 1. The number of aromatic hydroxyl groups is 2. The van der Waals surface area contributed by atoms with Crippen molar-refractivity contribution in [1.29, 1.82) is 0 Å². The van der Waals surface area contributed by atoms with E-state index in [-0.39, 0.29) is 35.3 Å². The van der Waals surface area contributed by atoms with Gasteiger partial charge in [-0.3, -0.25) is 9.59 Å². The van der Waals surface area contributed by atoms with E-state index < -0.39 is 40.5 Å². The first-order chi connectivity index (χ1) is 15.1. The lowest BCUT2D eigenvalue weighted by Crippen LogP contribution is -2.60. The highest BCUT2D eigenvalue weighted by Gasteiger charge is 2.73. The molecule has 1 spiro atoms. The standard InChI is InChI=1S/C24H27NO7/c1-11-10-24-8-5-12(11)9-15(24)23(2,20(29)19-21(24)32-19)7-6-16(27)25-17-14(26)4-3-13(18(17)28)22(30)31/h3-4,12,15,19,21,26,28H,1,5-10H2,2H3,(H,25,27)(H,30,31)/t12-,15-,19-,21-,23-,24-/m0/s1. The number of carbonyl (C=O) groups excluding carboxylic acids is 2. The highest BCUT2D eigenvalue weighted by molar-refractivity contribution is 6.00. The summed E-state index contributed by atoms with van der Waals surface area (Å²) in [5, 5.41) is 31.7. The van der Waals surface area contributed by atoms with Gasteiger partial charge >= 0.3 is 5.97 Å². The molecule has 4 aliphatic carbocycles. The monoisotopic (exact) mass is 441 g/mol. The van der Waals surface area contributed by atoms with Gasteiger partial charge in [-0.25, -0.2) is 4.79 Å². The molecule has 1 aromatic rings. The van der Waals surface area contributed by atoms with Crippen molar-refractivity contribution >= 4 is 23.3 Å². The minimum Gasteiger partial charge on any atom is -0.506 e. The highest BCUT2D eigenvalue weighted by Crippen LogP contribution is 2.70. The number of amides is 1. The number of ether oxygens (including phenoxy) is 1. The molecule has 1 saturated heterocycles. The highest BCUT2D eigenvalue weighted by atomic mass is 16.6. The van der Waals surface area contributed by atoms with Gasteiger partial charge in [-0.05, 0) is 56.1 Å². The lowest BCUT2D eigenvalue weighted by Gasteiger charge is -2.59. The zero-order valence-electron chi connectivity index (χ0n) is 17.9. The maximum atomic E-state index is 13.3. The van der Waals surface area contributed by atoms with Crippen LogP contribution in [0.1, 0.15) is 55.8 Å². The van der Waals surface area contributed by atoms with Crippen LogP contribution < -0.4 is 5.32 Å². The van der Waals surface area contributed by atoms with Crippen molar-refractivity contribution < 1.29 is 34.4 Å². The number of carboxylic acid groups (broad SMARTS) is 1. The van der Waals surface area contributed by atoms with E-state index in [1.807, 2.05) is 6.92 Å². The lowest BCUT2D eigenvalue weighted by atomic mass is 9.42. The van der Waals surface area contributed by atoms with Gasteiger partial charge in [0.05, 0.1) is 6.10 Å². The third kappa shape index (κ3) is 2.81. The predicted octanol–water partition coefficient (Wildman–Crippen LogP) is 3.23. The molecule has 32 heavy (non-hydrogen) atoms. The first-order valence-electron chi connectivity index (χ1n) is 11.0. The predicted molar refractivity (Wildman–Crippen MR) is 113 cm³/mol. The molecule has 5 aliphatic rings. The third-order valence-corrected chi connectivity index (χ3v) is 8.48. The summed E-state index contributed by atoms with van der Waals surface area (Å²) in [6.45, 7) is 6.21. The summed E-state index contributed by atoms with van der Waals surface area (Å²) in [6.07, 6.45) is 3.73. The molecule has 2 bridgehead atoms. The average Bonchev–Trinajstić information content (AvgIpc) is 3.56. The first-order valence-corrected chi connectivity index (χ1v) is 11.0. The van der Waals surface area contributed by atoms with E-state index in [2.05, 4.69) is 11.9 Å². The molecule has 5 fully saturated rings. The summed E-state index contributed by atoms with van der Waals surface area (Å²) < 4.78 is 5.88. The van der Waals surface area contributed by atoms with Crippen molar-refractivity contribution in [2.24, 2.45) is 22.7 Å². The van der Waals surface area contributed by atoms with Gasteiger partial charge in [0, 0.05) is 17.3 Å². The number of aromatic carboxylic acids is 1. The van der Waals surface area contributed by atoms with Gasteiger partial charge in [0.15, 0.2) is 11.5 Å². The molecular formula is C24H27NO7. The Bertz CT molecular complexity index is 1060. The minimum atomic E-state index is -1.38. The molecule has 6 rings (SSSR count). The fourth-order valence-corrected chi connectivity index (χ4v) is 6.73. The Morgan fingerprint density at radius 3 is 2.75 bits per heavy atom. The number of Topliss-reactive ketones (excluding diaryl/α,β-unsaturated/α-hetero) is 1. The molecule has 170 valence electrons. The second-order valence-electron chi connectivity index (χ2n) is 10.1. The van der Waals surface area contributed by atoms with Gasteiger partial charge in [-0.15, -0.1) is 0 Å². The van der Waals surface area contributed by atoms with E-state index in [1.165, 1.54) is 5.57 Å². The number of carboxylic acids is 1. The van der Waals surface area contributed by atoms with E-state index in [9.17, 15) is 24.6 Å². The van der Waals surface area contributed by atoms with Crippen molar-refractivity contribution in [2.45, 2.75) is 57.7 Å². The second kappa shape index (κ2) is 6.81. The molecule has 8 heteroatoms. The Balaban J connectivity index is 1.35. The molecule has 0 aromatic heterocycles. The molecule has 4 saturated carbocycles. The lowest BCUT2D eigenvalue weighted by molar-refractivity contribution is -0.147. The van der Waals surface area contributed by atoms with Gasteiger partial charge in [-0.2, -0.15) is 0 Å². The molecule has 1 heterocycles. The smallest absolute Gasteiger partial charge is 0.339 e. The normalized spacial score (nSPS) is 36.9. The van der Waals surface area contributed by atoms with Crippen molar-refractivity contribution in [1.82, 2.24) is 0 Å². The quantitative estimate of drug-likeness (QED) is 0.313. The van der Waals surface area contributed by atoms with Crippen molar-refractivity contribution in [2.75, 3.05) is 5.32 Å². The van der Waals surface area contributed by atoms with Crippen LogP contribution in [0.4, 0.5) is 5.69 Å². The minimum absolute atomic E-state index is 0.00595. The summed E-state index contributed by atoms with van der Waals surface area (Å²) in [7, 11) is 0. The van der Waals surface area contributed by atoms with E-state index in [4.69, 9.17) is 9.84 Å². The number of rotatable bonds is 5. The van der Waals surface area contributed by atoms with Gasteiger partial charge in [0.1, 0.15) is 23.1 Å². The topological polar surface area (TPSA) is 136 Å². The molecule has 0 radical (unpaired) electrons. The zero-order valence-corrected chi connectivity index (χ0v) is 17.9. The number of fused-ring (bicyclic) bond motifs is 3. The van der Waals surface area contributed by atoms with Gasteiger partial charge in [-0.1, -0.05) is 19.1 Å². The number of nitrogens with one attached hydrogen (secondary N) is 1. The van der Waals surface area contributed by atoms with Crippen LogP contribution in [0.3, 0.4) is 0 Å². The third-order valence-electron chi connectivity index (χ3n) is 8.48. The molecule has 6 atom stereocenters. The Kier molecular flexibility index (Phi) is 4.47. The van der Waals surface area contributed by atoms with E-state index >= 15 is 0 Å². The molecular weight excluding hydrogens is 414 g/mol. The number of phenols is 2. The van der Waals surface area contributed by atoms with Crippen LogP contribution in [-0.2, 0) is 14.3 Å². The summed E-state index contributed by atoms with van der Waals surface area (Å²) in [6, 6.07) is 2.16. The van der Waals surface area contributed by atoms with Gasteiger partial charge in [0.25, 0.3) is 0 Å². The maximum Gasteiger partial charge on any atom is 0.339 e. The maximum absolute atomic E-state index is 13.3. The van der Waals surface area contributed by atoms with Crippen LogP contribution in [0, 0.1) is 22.7 Å². The Morgan fingerprint density at radius 2 is 2.06 bits per heavy atom. The van der Waals surface area contributed by atoms with Crippen molar-refractivity contribution in [3.05, 3.63) is 29.8 Å². The summed E-state index contributed by atoms with van der Waals surface area (Å²) >= 11 is 0. The molecule has 8 nitrogen and oxygen atoms in total. The van der Waals surface area contributed by atoms with Crippen LogP contribution in [-0.4, -0.2) is 45.2 Å². The Morgan fingerprint density at radius 1 is 1.31 bits per heavy atom. The second-order valence-corrected chi connectivity index (χ2v) is 10.1. The SMILES string of the molecule is C=C1C[C@@]23CC[C@H]1C[C@H]2[C@](C)(CCC(=O)Nc1c(O)ccc(C(=O)O)c1O)C(=O)[C@@H]1O[C@@H]13. The summed E-state index contributed by atoms with van der Waals surface area (Å²) in [4.78, 5) is 37.2. The molecule has 0 unspecified atom stereocenters. The first kappa shape index (κ1) is 21.0. The van der Waals surface area contributed by atoms with E-state index in [0.717, 1.165) is 37.8 Å². The fraction of sp³-hybridized carbons (Fsp3) is 0.542. The van der Waals surface area contributed by atoms with E-state index in [0.29, 0.717) is 12.3 Å². The van der Waals surface area contributed by atoms with E-state index in [1.54, 1.807) is 0 Å². The largest absolute Gasteiger partial charge is 0.506 e.